The van der Waals surface area contributed by atoms with Gasteiger partial charge in [0.1, 0.15) is 5.65 Å². The summed E-state index contributed by atoms with van der Waals surface area (Å²) in [6, 6.07) is 11.3. The molecule has 4 aromatic rings. The molecule has 7 nitrogen and oxygen atoms in total. The van der Waals surface area contributed by atoms with Crippen LogP contribution in [0.5, 0.6) is 11.5 Å². The lowest BCUT2D eigenvalue weighted by Gasteiger charge is -2.13. The molecular formula is C21H17N3O4S. The molecule has 0 unspecified atom stereocenters. The van der Waals surface area contributed by atoms with E-state index in [2.05, 4.69) is 9.97 Å². The number of hydrogen-bond donors (Lipinski definition) is 1. The first kappa shape index (κ1) is 17.7. The third-order valence-electron chi connectivity index (χ3n) is 4.82. The van der Waals surface area contributed by atoms with Crippen molar-refractivity contribution in [1.29, 1.82) is 0 Å². The summed E-state index contributed by atoms with van der Waals surface area (Å²) in [6.45, 7) is 1.46. The van der Waals surface area contributed by atoms with Crippen LogP contribution in [0.1, 0.15) is 12.0 Å². The molecule has 0 amide bonds. The van der Waals surface area contributed by atoms with Crippen molar-refractivity contribution >= 4 is 22.4 Å². The zero-order valence-corrected chi connectivity index (χ0v) is 16.2. The van der Waals surface area contributed by atoms with Crippen molar-refractivity contribution in [2.45, 2.75) is 13.0 Å². The molecule has 1 N–H and O–H groups in total. The van der Waals surface area contributed by atoms with Gasteiger partial charge in [0.25, 0.3) is 5.56 Å². The van der Waals surface area contributed by atoms with E-state index < -0.39 is 11.2 Å². The van der Waals surface area contributed by atoms with Gasteiger partial charge in [0.15, 0.2) is 11.5 Å². The standard InChI is InChI=1S/C21H17N3O4S/c25-20-18-14(17-3-1-10-29-17)6-7-22-19(18)24(21(26)23-20)12-13-4-5-15-16(11-13)28-9-2-8-27-15/h1,3-7,10-11H,2,8-9,12H2,(H,23,25,26). The topological polar surface area (TPSA) is 86.2 Å². The van der Waals surface area contributed by atoms with E-state index in [1.165, 1.54) is 15.9 Å². The number of aromatic nitrogens is 3. The second-order valence-corrected chi connectivity index (χ2v) is 7.66. The van der Waals surface area contributed by atoms with Crippen LogP contribution in [-0.4, -0.2) is 27.7 Å². The molecule has 1 aliphatic heterocycles. The second kappa shape index (κ2) is 7.21. The van der Waals surface area contributed by atoms with Crippen LogP contribution in [0.3, 0.4) is 0 Å². The number of pyridine rings is 1. The van der Waals surface area contributed by atoms with E-state index >= 15 is 0 Å². The molecule has 8 heteroatoms. The maximum Gasteiger partial charge on any atom is 0.330 e. The Morgan fingerprint density at radius 3 is 2.79 bits per heavy atom. The Balaban J connectivity index is 1.64. The largest absolute Gasteiger partial charge is 0.490 e. The summed E-state index contributed by atoms with van der Waals surface area (Å²) in [5.74, 6) is 1.36. The highest BCUT2D eigenvalue weighted by molar-refractivity contribution is 7.13. The highest BCUT2D eigenvalue weighted by Gasteiger charge is 2.16. The average molecular weight is 407 g/mol. The molecule has 0 fully saturated rings. The molecule has 0 aliphatic carbocycles. The predicted octanol–water partition coefficient (Wildman–Crippen LogP) is 3.02. The molecule has 0 saturated heterocycles. The first-order valence-electron chi connectivity index (χ1n) is 9.25. The maximum atomic E-state index is 12.6. The van der Waals surface area contributed by atoms with Gasteiger partial charge >= 0.3 is 5.69 Å². The molecule has 0 saturated carbocycles. The van der Waals surface area contributed by atoms with Crippen molar-refractivity contribution in [2.24, 2.45) is 0 Å². The molecule has 29 heavy (non-hydrogen) atoms. The van der Waals surface area contributed by atoms with Crippen molar-refractivity contribution in [3.63, 3.8) is 0 Å². The van der Waals surface area contributed by atoms with Crippen molar-refractivity contribution in [2.75, 3.05) is 13.2 Å². The third kappa shape index (κ3) is 3.21. The van der Waals surface area contributed by atoms with Crippen molar-refractivity contribution in [3.05, 3.63) is 74.4 Å². The zero-order valence-electron chi connectivity index (χ0n) is 15.4. The average Bonchev–Trinajstić information content (AvgIpc) is 3.16. The Morgan fingerprint density at radius 1 is 1.10 bits per heavy atom. The molecular weight excluding hydrogens is 390 g/mol. The summed E-state index contributed by atoms with van der Waals surface area (Å²) in [4.78, 5) is 33.0. The fraction of sp³-hybridized carbons (Fsp3) is 0.190. The molecule has 0 bridgehead atoms. The van der Waals surface area contributed by atoms with E-state index in [1.807, 2.05) is 35.7 Å². The molecule has 5 rings (SSSR count). The molecule has 0 atom stereocenters. The van der Waals surface area contributed by atoms with Gasteiger partial charge in [-0.2, -0.15) is 0 Å². The smallest absolute Gasteiger partial charge is 0.330 e. The number of thiophene rings is 1. The Bertz CT molecular complexity index is 1310. The van der Waals surface area contributed by atoms with Gasteiger partial charge in [-0.3, -0.25) is 14.3 Å². The summed E-state index contributed by atoms with van der Waals surface area (Å²) in [7, 11) is 0. The molecule has 1 aromatic carbocycles. The summed E-state index contributed by atoms with van der Waals surface area (Å²) in [5, 5.41) is 2.35. The molecule has 1 aliphatic rings. The number of rotatable bonds is 3. The van der Waals surface area contributed by atoms with Crippen molar-refractivity contribution in [3.8, 4) is 21.9 Å². The lowest BCUT2D eigenvalue weighted by atomic mass is 10.1. The minimum Gasteiger partial charge on any atom is -0.490 e. The molecule has 3 aromatic heterocycles. The Hall–Kier alpha value is -3.39. The lowest BCUT2D eigenvalue weighted by molar-refractivity contribution is 0.297. The predicted molar refractivity (Wildman–Crippen MR) is 111 cm³/mol. The minimum absolute atomic E-state index is 0.254. The van der Waals surface area contributed by atoms with E-state index in [-0.39, 0.29) is 6.54 Å². The number of nitrogens with zero attached hydrogens (tertiary/aromatic N) is 2. The van der Waals surface area contributed by atoms with Crippen molar-refractivity contribution in [1.82, 2.24) is 14.5 Å². The van der Waals surface area contributed by atoms with Crippen LogP contribution in [0.15, 0.2) is 57.6 Å². The number of ether oxygens (including phenoxy) is 2. The van der Waals surface area contributed by atoms with E-state index in [4.69, 9.17) is 9.47 Å². The van der Waals surface area contributed by atoms with Gasteiger partial charge in [-0.1, -0.05) is 12.1 Å². The van der Waals surface area contributed by atoms with Gasteiger partial charge in [0, 0.05) is 23.1 Å². The zero-order chi connectivity index (χ0) is 19.8. The number of benzene rings is 1. The van der Waals surface area contributed by atoms with Gasteiger partial charge in [-0.05, 0) is 35.2 Å². The summed E-state index contributed by atoms with van der Waals surface area (Å²) < 4.78 is 12.9. The van der Waals surface area contributed by atoms with Crippen molar-refractivity contribution < 1.29 is 9.47 Å². The summed E-state index contributed by atoms with van der Waals surface area (Å²) >= 11 is 1.53. The quantitative estimate of drug-likeness (QED) is 0.564. The molecule has 146 valence electrons. The SMILES string of the molecule is O=c1[nH]c(=O)n(Cc2ccc3c(c2)OCCCO3)c2nccc(-c3cccs3)c12. The van der Waals surface area contributed by atoms with Crippen LogP contribution in [0, 0.1) is 0 Å². The normalized spacial score (nSPS) is 13.4. The van der Waals surface area contributed by atoms with E-state index in [1.54, 1.807) is 12.3 Å². The second-order valence-electron chi connectivity index (χ2n) is 6.71. The Morgan fingerprint density at radius 2 is 1.97 bits per heavy atom. The number of hydrogen-bond acceptors (Lipinski definition) is 6. The van der Waals surface area contributed by atoms with E-state index in [0.29, 0.717) is 35.7 Å². The van der Waals surface area contributed by atoms with Crippen LogP contribution < -0.4 is 20.7 Å². The Kier molecular flexibility index (Phi) is 4.40. The van der Waals surface area contributed by atoms with Gasteiger partial charge in [0.05, 0.1) is 25.1 Å². The van der Waals surface area contributed by atoms with E-state index in [0.717, 1.165) is 22.4 Å². The number of fused-ring (bicyclic) bond motifs is 2. The third-order valence-corrected chi connectivity index (χ3v) is 5.72. The summed E-state index contributed by atoms with van der Waals surface area (Å²) in [5.41, 5.74) is 1.05. The highest BCUT2D eigenvalue weighted by Crippen LogP contribution is 2.31. The Labute approximate surface area is 169 Å². The number of aromatic amines is 1. The number of nitrogens with one attached hydrogen (secondary N) is 1. The first-order chi connectivity index (χ1) is 14.2. The minimum atomic E-state index is -0.495. The molecule has 0 spiro atoms. The molecule has 4 heterocycles. The van der Waals surface area contributed by atoms with Gasteiger partial charge in [-0.25, -0.2) is 9.78 Å². The van der Waals surface area contributed by atoms with E-state index in [9.17, 15) is 9.59 Å². The van der Waals surface area contributed by atoms with Gasteiger partial charge < -0.3 is 9.47 Å². The maximum absolute atomic E-state index is 12.6. The first-order valence-corrected chi connectivity index (χ1v) is 10.1. The lowest BCUT2D eigenvalue weighted by Crippen LogP contribution is -2.31. The monoisotopic (exact) mass is 407 g/mol. The van der Waals surface area contributed by atoms with Crippen LogP contribution in [0.4, 0.5) is 0 Å². The molecule has 0 radical (unpaired) electrons. The fourth-order valence-corrected chi connectivity index (χ4v) is 4.23. The van der Waals surface area contributed by atoms with Crippen LogP contribution in [0.2, 0.25) is 0 Å². The van der Waals surface area contributed by atoms with Crippen LogP contribution >= 0.6 is 11.3 Å². The van der Waals surface area contributed by atoms with Crippen LogP contribution in [0.25, 0.3) is 21.5 Å². The highest BCUT2D eigenvalue weighted by atomic mass is 32.1. The fourth-order valence-electron chi connectivity index (χ4n) is 3.47. The summed E-state index contributed by atoms with van der Waals surface area (Å²) in [6.07, 6.45) is 2.45. The van der Waals surface area contributed by atoms with Gasteiger partial charge in [-0.15, -0.1) is 11.3 Å². The number of H-pyrrole nitrogens is 1. The van der Waals surface area contributed by atoms with Gasteiger partial charge in [0.2, 0.25) is 0 Å². The van der Waals surface area contributed by atoms with Crippen LogP contribution in [-0.2, 0) is 6.54 Å².